The highest BCUT2D eigenvalue weighted by molar-refractivity contribution is 7.13. The van der Waals surface area contributed by atoms with Crippen molar-refractivity contribution in [3.05, 3.63) is 119 Å². The van der Waals surface area contributed by atoms with Crippen molar-refractivity contribution in [2.75, 3.05) is 63.9 Å². The van der Waals surface area contributed by atoms with Crippen molar-refractivity contribution in [1.29, 1.82) is 5.26 Å². The van der Waals surface area contributed by atoms with E-state index in [1.165, 1.54) is 17.0 Å². The molecule has 3 amide bonds. The number of nitriles is 1. The Kier molecular flexibility index (Phi) is 17.2. The van der Waals surface area contributed by atoms with Crippen LogP contribution in [0.3, 0.4) is 0 Å². The van der Waals surface area contributed by atoms with E-state index in [0.29, 0.717) is 53.0 Å². The Morgan fingerprint density at radius 1 is 1.00 bits per heavy atom. The number of nitrogens with zero attached hydrogens (tertiary/aromatic N) is 9. The second kappa shape index (κ2) is 24.6. The lowest BCUT2D eigenvalue weighted by atomic mass is 9.91. The molecule has 6 heterocycles. The first kappa shape index (κ1) is 56.6. The molecule has 5 atom stereocenters. The van der Waals surface area contributed by atoms with E-state index in [1.54, 1.807) is 34.4 Å². The molecule has 0 aliphatic carbocycles. The predicted octanol–water partition coefficient (Wildman–Crippen LogP) is 9.23. The summed E-state index contributed by atoms with van der Waals surface area (Å²) in [6.45, 7) is 14.7. The van der Waals surface area contributed by atoms with Crippen molar-refractivity contribution < 1.29 is 43.0 Å². The van der Waals surface area contributed by atoms with E-state index in [-0.39, 0.29) is 108 Å². The van der Waals surface area contributed by atoms with E-state index >= 15 is 4.39 Å². The van der Waals surface area contributed by atoms with Crippen LogP contribution in [-0.4, -0.2) is 140 Å². The van der Waals surface area contributed by atoms with Crippen LogP contribution in [0.5, 0.6) is 17.6 Å². The van der Waals surface area contributed by atoms with Gasteiger partial charge in [-0.25, -0.2) is 9.37 Å². The van der Waals surface area contributed by atoms with E-state index in [9.17, 15) is 29.9 Å². The number of ether oxygens (including phenoxy) is 2. The molecule has 0 unspecified atom stereocenters. The van der Waals surface area contributed by atoms with E-state index in [1.807, 2.05) is 86.6 Å². The minimum Gasteiger partial charge on any atom is -0.508 e. The normalized spacial score (nSPS) is 18.8. The lowest BCUT2D eigenvalue weighted by molar-refractivity contribution is -0.141. The number of phenols is 1. The van der Waals surface area contributed by atoms with Gasteiger partial charge < -0.3 is 44.2 Å². The SMILES string of the molecule is C=CC(=O)N1CCN(c2nc(OCCN3CCC(COc4cc([C@@H](C(=O)N5C[C@@H](O)C[C@H]5C(=O)N[C@@H](C)c5ccc(-c6scnc6C)cc5)C(C)C)on4)CC3)nc3c(F)c(-c4cc(O)cc5ccccc45)c(Cl)cc23)C[C@@H]1CC#N. The number of fused-ring (bicyclic) bond motifs is 2. The van der Waals surface area contributed by atoms with Crippen molar-refractivity contribution in [2.45, 2.75) is 83.5 Å². The molecule has 3 saturated heterocycles. The second-order valence-electron chi connectivity index (χ2n) is 21.4. The number of nitrogens with one attached hydrogen (secondary N) is 1. The predicted molar refractivity (Wildman–Crippen MR) is 306 cm³/mol. The number of aromatic nitrogens is 4. The summed E-state index contributed by atoms with van der Waals surface area (Å²) in [4.78, 5) is 63.1. The van der Waals surface area contributed by atoms with Crippen molar-refractivity contribution in [1.82, 2.24) is 40.1 Å². The highest BCUT2D eigenvalue weighted by Crippen LogP contribution is 2.43. The average Bonchev–Trinajstić information content (AvgIpc) is 4.33. The number of benzene rings is 4. The Morgan fingerprint density at radius 2 is 1.78 bits per heavy atom. The molecule has 0 radical (unpaired) electrons. The van der Waals surface area contributed by atoms with Crippen LogP contribution in [0.1, 0.15) is 75.4 Å². The fraction of sp³-hybridized carbons (Fsp3) is 0.400. The van der Waals surface area contributed by atoms with Crippen LogP contribution < -0.4 is 19.7 Å². The first-order chi connectivity index (χ1) is 39.1. The minimum atomic E-state index is -0.872. The van der Waals surface area contributed by atoms with Gasteiger partial charge in [0.25, 0.3) is 5.88 Å². The van der Waals surface area contributed by atoms with Gasteiger partial charge in [-0.3, -0.25) is 19.3 Å². The number of anilines is 1. The summed E-state index contributed by atoms with van der Waals surface area (Å²) in [5.41, 5.74) is 5.14. The van der Waals surface area contributed by atoms with Crippen LogP contribution in [0.15, 0.2) is 95.5 Å². The molecule has 3 aliphatic rings. The highest BCUT2D eigenvalue weighted by Gasteiger charge is 2.44. The van der Waals surface area contributed by atoms with Crippen LogP contribution in [0, 0.1) is 35.9 Å². The van der Waals surface area contributed by atoms with Gasteiger partial charge in [-0.1, -0.05) is 80.6 Å². The number of carbonyl (C=O) groups excluding carboxylic acids is 3. The molecule has 4 aromatic carbocycles. The third kappa shape index (κ3) is 12.2. The summed E-state index contributed by atoms with van der Waals surface area (Å²) in [5.74, 6) is -1.65. The van der Waals surface area contributed by atoms with Crippen LogP contribution >= 0.6 is 22.9 Å². The molecule has 0 saturated carbocycles. The molecule has 3 N–H and O–H groups in total. The quantitative estimate of drug-likeness (QED) is 0.0681. The molecule has 3 aliphatic heterocycles. The largest absolute Gasteiger partial charge is 0.508 e. The number of rotatable bonds is 18. The number of likely N-dealkylation sites (tertiary alicyclic amines) is 2. The number of thiazole rings is 1. The summed E-state index contributed by atoms with van der Waals surface area (Å²) in [6, 6.07) is 22.0. The van der Waals surface area contributed by atoms with Gasteiger partial charge in [0.2, 0.25) is 17.7 Å². The fourth-order valence-electron chi connectivity index (χ4n) is 11.4. The molecule has 81 heavy (non-hydrogen) atoms. The van der Waals surface area contributed by atoms with Crippen LogP contribution in [0.2, 0.25) is 5.02 Å². The number of piperazine rings is 1. The Hall–Kier alpha value is -7.70. The molecule has 0 bridgehead atoms. The van der Waals surface area contributed by atoms with Gasteiger partial charge in [0.1, 0.15) is 35.7 Å². The first-order valence-corrected chi connectivity index (χ1v) is 28.5. The van der Waals surface area contributed by atoms with Gasteiger partial charge in [-0.2, -0.15) is 15.2 Å². The van der Waals surface area contributed by atoms with Gasteiger partial charge >= 0.3 is 6.01 Å². The van der Waals surface area contributed by atoms with Crippen molar-refractivity contribution in [3.63, 3.8) is 0 Å². The zero-order chi connectivity index (χ0) is 57.1. The Morgan fingerprint density at radius 3 is 2.51 bits per heavy atom. The molecule has 18 nitrogen and oxygen atoms in total. The van der Waals surface area contributed by atoms with Gasteiger partial charge in [0, 0.05) is 56.2 Å². The maximum Gasteiger partial charge on any atom is 0.319 e. The highest BCUT2D eigenvalue weighted by atomic mass is 35.5. The van der Waals surface area contributed by atoms with E-state index in [2.05, 4.69) is 38.0 Å². The number of amides is 3. The van der Waals surface area contributed by atoms with Crippen molar-refractivity contribution in [2.24, 2.45) is 11.8 Å². The number of halogens is 2. The number of carbonyl (C=O) groups is 3. The molecule has 10 rings (SSSR count). The molecule has 3 aromatic heterocycles. The zero-order valence-corrected chi connectivity index (χ0v) is 47.1. The summed E-state index contributed by atoms with van der Waals surface area (Å²) in [7, 11) is 0. The van der Waals surface area contributed by atoms with Gasteiger partial charge in [-0.15, -0.1) is 11.3 Å². The molecular formula is C60H64ClFN10O8S. The van der Waals surface area contributed by atoms with E-state index in [0.717, 1.165) is 47.6 Å². The van der Waals surface area contributed by atoms with Gasteiger partial charge in [0.05, 0.1) is 58.4 Å². The molecule has 21 heteroatoms. The molecule has 7 aromatic rings. The number of piperidine rings is 1. The van der Waals surface area contributed by atoms with Crippen LogP contribution in [0.25, 0.3) is 43.2 Å². The maximum atomic E-state index is 17.3. The summed E-state index contributed by atoms with van der Waals surface area (Å²) < 4.78 is 35.4. The number of hydrogen-bond donors (Lipinski definition) is 3. The fourth-order valence-corrected chi connectivity index (χ4v) is 12.5. The summed E-state index contributed by atoms with van der Waals surface area (Å²) in [6.07, 6.45) is 2.16. The van der Waals surface area contributed by atoms with Crippen molar-refractivity contribution in [3.8, 4) is 45.3 Å². The topological polar surface area (TPSA) is 224 Å². The molecule has 422 valence electrons. The van der Waals surface area contributed by atoms with E-state index in [4.69, 9.17) is 30.6 Å². The lowest BCUT2D eigenvalue weighted by Gasteiger charge is -2.41. The van der Waals surface area contributed by atoms with Crippen molar-refractivity contribution >= 4 is 68.2 Å². The third-order valence-corrected chi connectivity index (χ3v) is 17.0. The third-order valence-electron chi connectivity index (χ3n) is 15.7. The standard InChI is InChI=1S/C60H64ClFN10O8S/c1-6-51(75)71-22-21-70(30-41(71)15-18-63)57-46-28-47(61)53(45-26-42(73)25-40-9-7-8-10-44(40)45)54(62)55(46)66-60(67-57)78-24-23-69-19-16-37(17-20-69)32-79-50-29-49(80-68-50)52(34(2)3)59(77)72-31-43(74)27-48(72)58(76)65-35(4)38-11-13-39(14-12-38)56-36(5)64-33-81-56/h6-14,25-26,28-29,33-35,37,41,43,48,52,73-74H,1,15-17,19-24,27,30-32H2,2-5H3,(H,65,76)/t35-,41-,43-,48-,52-/m0/s1. The summed E-state index contributed by atoms with van der Waals surface area (Å²) >= 11 is 8.53. The number of aryl methyl sites for hydroxylation is 1. The molecule has 0 spiro atoms. The zero-order valence-electron chi connectivity index (χ0n) is 45.6. The van der Waals surface area contributed by atoms with Gasteiger partial charge in [0.15, 0.2) is 11.6 Å². The Labute approximate surface area is 477 Å². The van der Waals surface area contributed by atoms with Crippen LogP contribution in [-0.2, 0) is 14.4 Å². The second-order valence-corrected chi connectivity index (χ2v) is 22.7. The Bertz CT molecular complexity index is 3510. The maximum absolute atomic E-state index is 17.3. The molecular weight excluding hydrogens is 1080 g/mol. The van der Waals surface area contributed by atoms with E-state index < -0.39 is 29.9 Å². The number of aliphatic hydroxyl groups is 1. The smallest absolute Gasteiger partial charge is 0.319 e. The monoisotopic (exact) mass is 1140 g/mol. The number of β-amino-alcohol motifs (C(OH)–C–C–N with tert-alkyl or cyclic N) is 1. The average molecular weight is 1140 g/mol. The number of phenolic OH excluding ortho intramolecular Hbond substituents is 1. The molecule has 3 fully saturated rings. The summed E-state index contributed by atoms with van der Waals surface area (Å²) in [5, 5.41) is 40.2. The minimum absolute atomic E-state index is 0.0137. The number of aliphatic hydroxyl groups excluding tert-OH is 1. The van der Waals surface area contributed by atoms with Crippen LogP contribution in [0.4, 0.5) is 10.2 Å². The number of aromatic hydroxyl groups is 1. The lowest BCUT2D eigenvalue weighted by Crippen LogP contribution is -2.55. The van der Waals surface area contributed by atoms with Gasteiger partial charge in [-0.05, 0) is 109 Å². The first-order valence-electron chi connectivity index (χ1n) is 27.3. The number of hydrogen-bond acceptors (Lipinski definition) is 16. The Balaban J connectivity index is 0.763.